The fraction of sp³-hybridized carbons (Fsp3) is 0.300. The maximum Gasteiger partial charge on any atom is 0.133 e. The van der Waals surface area contributed by atoms with Gasteiger partial charge in [-0.2, -0.15) is 0 Å². The lowest BCUT2D eigenvalue weighted by atomic mass is 10.0. The zero-order valence-corrected chi connectivity index (χ0v) is 9.20. The van der Waals surface area contributed by atoms with Crippen molar-refractivity contribution in [2.45, 2.75) is 5.92 Å². The van der Waals surface area contributed by atoms with Crippen LogP contribution >= 0.6 is 22.7 Å². The molecule has 0 aliphatic carbocycles. The SMILES string of the molecule is c1csc(-c2nc(C3CNC3)cs2)c1. The summed E-state index contributed by atoms with van der Waals surface area (Å²) in [6, 6.07) is 4.21. The fourth-order valence-corrected chi connectivity index (χ4v) is 3.20. The van der Waals surface area contributed by atoms with Crippen LogP contribution in [0.3, 0.4) is 0 Å². The normalized spacial score (nSPS) is 16.9. The number of thiazole rings is 1. The Hall–Kier alpha value is -0.710. The van der Waals surface area contributed by atoms with Gasteiger partial charge in [-0.05, 0) is 11.4 Å². The van der Waals surface area contributed by atoms with Crippen LogP contribution in [0.1, 0.15) is 11.6 Å². The van der Waals surface area contributed by atoms with E-state index in [-0.39, 0.29) is 0 Å². The maximum atomic E-state index is 4.66. The molecule has 72 valence electrons. The first-order valence-corrected chi connectivity index (χ1v) is 6.39. The average molecular weight is 222 g/mol. The molecule has 2 aromatic heterocycles. The Kier molecular flexibility index (Phi) is 2.12. The molecule has 0 spiro atoms. The van der Waals surface area contributed by atoms with E-state index in [9.17, 15) is 0 Å². The van der Waals surface area contributed by atoms with Crippen LogP contribution in [-0.4, -0.2) is 18.1 Å². The van der Waals surface area contributed by atoms with Gasteiger partial charge in [-0.15, -0.1) is 22.7 Å². The number of nitrogens with zero attached hydrogens (tertiary/aromatic N) is 1. The Balaban J connectivity index is 1.90. The summed E-state index contributed by atoms with van der Waals surface area (Å²) >= 11 is 3.52. The van der Waals surface area contributed by atoms with Gasteiger partial charge in [0, 0.05) is 24.4 Å². The highest BCUT2D eigenvalue weighted by molar-refractivity contribution is 7.20. The predicted molar refractivity (Wildman–Crippen MR) is 61.0 cm³/mol. The first kappa shape index (κ1) is 8.59. The van der Waals surface area contributed by atoms with Crippen LogP contribution in [-0.2, 0) is 0 Å². The van der Waals surface area contributed by atoms with Gasteiger partial charge in [0.05, 0.1) is 10.6 Å². The van der Waals surface area contributed by atoms with Crippen LogP contribution in [0.15, 0.2) is 22.9 Å². The number of hydrogen-bond donors (Lipinski definition) is 1. The Bertz CT molecular complexity index is 415. The smallest absolute Gasteiger partial charge is 0.133 e. The lowest BCUT2D eigenvalue weighted by Gasteiger charge is -2.25. The van der Waals surface area contributed by atoms with Crippen LogP contribution in [0, 0.1) is 0 Å². The van der Waals surface area contributed by atoms with Gasteiger partial charge >= 0.3 is 0 Å². The van der Waals surface area contributed by atoms with Gasteiger partial charge in [0.2, 0.25) is 0 Å². The Morgan fingerprint density at radius 3 is 2.93 bits per heavy atom. The van der Waals surface area contributed by atoms with Crippen molar-refractivity contribution in [3.63, 3.8) is 0 Å². The highest BCUT2D eigenvalue weighted by Crippen LogP contribution is 2.30. The van der Waals surface area contributed by atoms with Gasteiger partial charge in [0.15, 0.2) is 0 Å². The van der Waals surface area contributed by atoms with Crippen LogP contribution in [0.5, 0.6) is 0 Å². The third kappa shape index (κ3) is 1.39. The standard InChI is InChI=1S/C10H10N2S2/c1-2-9(13-3-1)10-12-8(6-14-10)7-4-11-5-7/h1-3,6-7,11H,4-5H2. The Morgan fingerprint density at radius 1 is 1.36 bits per heavy atom. The van der Waals surface area contributed by atoms with E-state index in [2.05, 4.69) is 33.2 Å². The zero-order chi connectivity index (χ0) is 9.38. The second-order valence-corrected chi connectivity index (χ2v) is 5.22. The molecule has 0 unspecified atom stereocenters. The highest BCUT2D eigenvalue weighted by atomic mass is 32.1. The minimum Gasteiger partial charge on any atom is -0.315 e. The summed E-state index contributed by atoms with van der Waals surface area (Å²) < 4.78 is 0. The first-order chi connectivity index (χ1) is 6.93. The molecular formula is C10H10N2S2. The molecule has 0 radical (unpaired) electrons. The summed E-state index contributed by atoms with van der Waals surface area (Å²) in [6.45, 7) is 2.18. The molecule has 1 N–H and O–H groups in total. The van der Waals surface area contributed by atoms with E-state index in [1.165, 1.54) is 15.6 Å². The molecule has 2 aromatic rings. The van der Waals surface area contributed by atoms with Crippen molar-refractivity contribution in [2.24, 2.45) is 0 Å². The van der Waals surface area contributed by atoms with Crippen molar-refractivity contribution in [3.8, 4) is 9.88 Å². The number of rotatable bonds is 2. The van der Waals surface area contributed by atoms with Gasteiger partial charge in [0.25, 0.3) is 0 Å². The number of hydrogen-bond acceptors (Lipinski definition) is 4. The lowest BCUT2D eigenvalue weighted by Crippen LogP contribution is -2.40. The van der Waals surface area contributed by atoms with Gasteiger partial charge in [-0.1, -0.05) is 6.07 Å². The molecule has 0 atom stereocenters. The minimum absolute atomic E-state index is 0.653. The fourth-order valence-electron chi connectivity index (χ4n) is 1.48. The zero-order valence-electron chi connectivity index (χ0n) is 7.56. The van der Waals surface area contributed by atoms with Gasteiger partial charge in [0.1, 0.15) is 5.01 Å². The lowest BCUT2D eigenvalue weighted by molar-refractivity contribution is 0.441. The van der Waals surface area contributed by atoms with E-state index in [0.29, 0.717) is 5.92 Å². The van der Waals surface area contributed by atoms with Crippen LogP contribution in [0.4, 0.5) is 0 Å². The first-order valence-electron chi connectivity index (χ1n) is 4.63. The third-order valence-corrected chi connectivity index (χ3v) is 4.35. The van der Waals surface area contributed by atoms with Crippen LogP contribution < -0.4 is 5.32 Å². The van der Waals surface area contributed by atoms with E-state index in [4.69, 9.17) is 0 Å². The average Bonchev–Trinajstić information content (AvgIpc) is 2.65. The summed E-state index contributed by atoms with van der Waals surface area (Å²) in [5, 5.41) is 8.73. The molecule has 4 heteroatoms. The number of thiophene rings is 1. The van der Waals surface area contributed by atoms with Crippen LogP contribution in [0.2, 0.25) is 0 Å². The molecule has 0 bridgehead atoms. The van der Waals surface area contributed by atoms with E-state index >= 15 is 0 Å². The summed E-state index contributed by atoms with van der Waals surface area (Å²) in [5.41, 5.74) is 1.26. The molecular weight excluding hydrogens is 212 g/mol. The van der Waals surface area contributed by atoms with E-state index < -0.39 is 0 Å². The molecule has 1 fully saturated rings. The molecule has 3 heterocycles. The minimum atomic E-state index is 0.653. The predicted octanol–water partition coefficient (Wildman–Crippen LogP) is 2.56. The van der Waals surface area contributed by atoms with E-state index in [1.54, 1.807) is 22.7 Å². The second kappa shape index (κ2) is 3.46. The van der Waals surface area contributed by atoms with E-state index in [1.807, 2.05) is 0 Å². The van der Waals surface area contributed by atoms with E-state index in [0.717, 1.165) is 13.1 Å². The summed E-state index contributed by atoms with van der Waals surface area (Å²) in [6.07, 6.45) is 0. The second-order valence-electron chi connectivity index (χ2n) is 3.41. The van der Waals surface area contributed by atoms with Gasteiger partial charge in [-0.25, -0.2) is 4.98 Å². The summed E-state index contributed by atoms with van der Waals surface area (Å²) in [7, 11) is 0. The Labute approximate surface area is 90.6 Å². The summed E-state index contributed by atoms with van der Waals surface area (Å²) in [4.78, 5) is 5.95. The molecule has 0 aromatic carbocycles. The van der Waals surface area contributed by atoms with Crippen molar-refractivity contribution in [1.29, 1.82) is 0 Å². The molecule has 0 amide bonds. The molecule has 2 nitrogen and oxygen atoms in total. The molecule has 3 rings (SSSR count). The molecule has 1 aliphatic rings. The van der Waals surface area contributed by atoms with Gasteiger partial charge in [-0.3, -0.25) is 0 Å². The Morgan fingerprint density at radius 2 is 2.29 bits per heavy atom. The topological polar surface area (TPSA) is 24.9 Å². The number of nitrogens with one attached hydrogen (secondary N) is 1. The van der Waals surface area contributed by atoms with Crippen molar-refractivity contribution < 1.29 is 0 Å². The highest BCUT2D eigenvalue weighted by Gasteiger charge is 2.21. The number of aromatic nitrogens is 1. The maximum absolute atomic E-state index is 4.66. The molecule has 1 saturated heterocycles. The van der Waals surface area contributed by atoms with Crippen LogP contribution in [0.25, 0.3) is 9.88 Å². The molecule has 1 aliphatic heterocycles. The van der Waals surface area contributed by atoms with Crippen molar-refractivity contribution in [1.82, 2.24) is 10.3 Å². The summed E-state index contributed by atoms with van der Waals surface area (Å²) in [5.74, 6) is 0.653. The molecule has 0 saturated carbocycles. The largest absolute Gasteiger partial charge is 0.315 e. The van der Waals surface area contributed by atoms with Crippen molar-refractivity contribution >= 4 is 22.7 Å². The quantitative estimate of drug-likeness (QED) is 0.844. The van der Waals surface area contributed by atoms with Gasteiger partial charge < -0.3 is 5.32 Å². The monoisotopic (exact) mass is 222 g/mol. The third-order valence-electron chi connectivity index (χ3n) is 2.45. The van der Waals surface area contributed by atoms with Crippen molar-refractivity contribution in [2.75, 3.05) is 13.1 Å². The molecule has 14 heavy (non-hydrogen) atoms. The van der Waals surface area contributed by atoms with Crippen molar-refractivity contribution in [3.05, 3.63) is 28.6 Å².